The van der Waals surface area contributed by atoms with Crippen molar-refractivity contribution in [2.24, 2.45) is 0 Å². The Bertz CT molecular complexity index is 1940. The van der Waals surface area contributed by atoms with Gasteiger partial charge < -0.3 is 39.2 Å². The number of methoxy groups -OCH3 is 4. The number of nitrogens with one attached hydrogen (secondary N) is 3. The first-order chi connectivity index (χ1) is 24.3. The molecule has 14 nitrogen and oxygen atoms in total. The van der Waals surface area contributed by atoms with E-state index >= 15 is 0 Å². The lowest BCUT2D eigenvalue weighted by Crippen LogP contribution is -2.37. The predicted octanol–water partition coefficient (Wildman–Crippen LogP) is 6.07. The van der Waals surface area contributed by atoms with E-state index in [1.54, 1.807) is 40.6 Å². The zero-order valence-electron chi connectivity index (χ0n) is 27.7. The first-order valence-corrected chi connectivity index (χ1v) is 16.2. The summed E-state index contributed by atoms with van der Waals surface area (Å²) in [7, 11) is 6.28. The molecule has 1 saturated heterocycles. The molecule has 3 heterocycles. The minimum Gasteiger partial charge on any atom is -0.497 e. The Morgan fingerprint density at radius 2 is 1.32 bits per heavy atom. The van der Waals surface area contributed by atoms with E-state index in [0.717, 1.165) is 17.0 Å². The maximum Gasteiger partial charge on any atom is 0.236 e. The summed E-state index contributed by atoms with van der Waals surface area (Å²) < 4.78 is 27.6. The number of hydrogen-bond acceptors (Lipinski definition) is 13. The molecule has 0 radical (unpaired) electrons. The zero-order chi connectivity index (χ0) is 35.0. The zero-order valence-corrected chi connectivity index (χ0v) is 29.3. The topological polar surface area (TPSA) is 150 Å². The molecule has 0 saturated carbocycles. The molecule has 0 spiro atoms. The van der Waals surface area contributed by atoms with E-state index in [4.69, 9.17) is 62.5 Å². The molecule has 1 fully saturated rings. The van der Waals surface area contributed by atoms with Crippen LogP contribution in [0.3, 0.4) is 0 Å². The Morgan fingerprint density at radius 1 is 0.700 bits per heavy atom. The van der Waals surface area contributed by atoms with Gasteiger partial charge in [0.15, 0.2) is 16.6 Å². The lowest BCUT2D eigenvalue weighted by Gasteiger charge is -2.27. The van der Waals surface area contributed by atoms with E-state index in [0.29, 0.717) is 71.5 Å². The van der Waals surface area contributed by atoms with Gasteiger partial charge in [0, 0.05) is 34.9 Å². The van der Waals surface area contributed by atoms with Crippen molar-refractivity contribution < 1.29 is 23.7 Å². The van der Waals surface area contributed by atoms with Gasteiger partial charge in [-0.05, 0) is 66.8 Å². The number of hydrogen-bond donors (Lipinski definition) is 3. The van der Waals surface area contributed by atoms with Crippen LogP contribution in [-0.4, -0.2) is 84.8 Å². The van der Waals surface area contributed by atoms with Crippen molar-refractivity contribution in [3.05, 3.63) is 71.8 Å². The molecule has 16 heteroatoms. The summed E-state index contributed by atoms with van der Waals surface area (Å²) >= 11 is 11.8. The second kappa shape index (κ2) is 15.8. The average Bonchev–Trinajstić information content (AvgIpc) is 3.14. The maximum atomic E-state index is 6.20. The molecule has 50 heavy (non-hydrogen) atoms. The van der Waals surface area contributed by atoms with Crippen molar-refractivity contribution in [1.29, 1.82) is 0 Å². The number of morpholine rings is 1. The lowest BCUT2D eigenvalue weighted by molar-refractivity contribution is 0.122. The van der Waals surface area contributed by atoms with Crippen molar-refractivity contribution in [3.63, 3.8) is 0 Å². The van der Waals surface area contributed by atoms with Crippen LogP contribution in [0.25, 0.3) is 22.5 Å². The molecule has 6 rings (SSSR count). The fraction of sp³-hybridized carbons (Fsp3) is 0.235. The number of rotatable bonds is 11. The lowest BCUT2D eigenvalue weighted by atomic mass is 10.1. The van der Waals surface area contributed by atoms with Gasteiger partial charge in [0.2, 0.25) is 29.5 Å². The van der Waals surface area contributed by atoms with Gasteiger partial charge in [-0.3, -0.25) is 5.32 Å². The summed E-state index contributed by atoms with van der Waals surface area (Å²) in [5.41, 5.74) is 3.46. The van der Waals surface area contributed by atoms with E-state index in [1.807, 2.05) is 59.5 Å². The van der Waals surface area contributed by atoms with Gasteiger partial charge in [0.25, 0.3) is 0 Å². The smallest absolute Gasteiger partial charge is 0.236 e. The van der Waals surface area contributed by atoms with Crippen LogP contribution < -0.4 is 39.8 Å². The van der Waals surface area contributed by atoms with E-state index < -0.39 is 0 Å². The summed E-state index contributed by atoms with van der Waals surface area (Å²) in [4.78, 5) is 25.7. The molecule has 0 atom stereocenters. The fourth-order valence-electron chi connectivity index (χ4n) is 5.07. The molecular formula is C34H34ClN9O5S. The second-order valence-corrected chi connectivity index (χ2v) is 11.5. The maximum absolute atomic E-state index is 6.20. The monoisotopic (exact) mass is 715 g/mol. The molecule has 3 N–H and O–H groups in total. The van der Waals surface area contributed by atoms with Crippen molar-refractivity contribution >= 4 is 58.4 Å². The van der Waals surface area contributed by atoms with Gasteiger partial charge >= 0.3 is 0 Å². The number of thiocarbonyl (C=S) groups is 1. The molecule has 1 aliphatic rings. The standard InChI is InChI=1S/C34H34ClN9O5S/c1-45-24-11-9-23(10-12-24)36-34(50)43-32-40-31(41-33(42-32)44-13-15-49-16-14-44)39-30-37-25(20-5-7-22(35)8-6-20)19-26(38-30)21-17-27(46-2)29(48-4)28(18-21)47-3/h5-12,17-19H,13-16H2,1-4H3,(H3,36,37,38,39,40,41,42,43,50). The fourth-order valence-corrected chi connectivity index (χ4v) is 5.40. The number of halogens is 1. The van der Waals surface area contributed by atoms with Gasteiger partial charge in [-0.2, -0.15) is 15.0 Å². The van der Waals surface area contributed by atoms with E-state index in [1.165, 1.54) is 0 Å². The van der Waals surface area contributed by atoms with Gasteiger partial charge in [-0.25, -0.2) is 9.97 Å². The van der Waals surface area contributed by atoms with E-state index in [-0.39, 0.29) is 23.0 Å². The number of nitrogens with zero attached hydrogens (tertiary/aromatic N) is 6. The van der Waals surface area contributed by atoms with Crippen molar-refractivity contribution in [1.82, 2.24) is 24.9 Å². The summed E-state index contributed by atoms with van der Waals surface area (Å²) in [6, 6.07) is 20.2. The minimum absolute atomic E-state index is 0.195. The molecule has 258 valence electrons. The predicted molar refractivity (Wildman–Crippen MR) is 197 cm³/mol. The van der Waals surface area contributed by atoms with Gasteiger partial charge in [-0.1, -0.05) is 23.7 Å². The highest BCUT2D eigenvalue weighted by atomic mass is 35.5. The number of ether oxygens (including phenoxy) is 5. The summed E-state index contributed by atoms with van der Waals surface area (Å²) in [6.07, 6.45) is 0. The molecular weight excluding hydrogens is 682 g/mol. The van der Waals surface area contributed by atoms with Crippen molar-refractivity contribution in [2.45, 2.75) is 0 Å². The van der Waals surface area contributed by atoms with Crippen molar-refractivity contribution in [3.8, 4) is 45.5 Å². The van der Waals surface area contributed by atoms with Crippen LogP contribution in [0.2, 0.25) is 5.02 Å². The third-order valence-electron chi connectivity index (χ3n) is 7.54. The molecule has 2 aromatic heterocycles. The second-order valence-electron chi connectivity index (χ2n) is 10.7. The van der Waals surface area contributed by atoms with Crippen LogP contribution >= 0.6 is 23.8 Å². The summed E-state index contributed by atoms with van der Waals surface area (Å²) in [6.45, 7) is 2.29. The molecule has 0 bridgehead atoms. The van der Waals surface area contributed by atoms with Gasteiger partial charge in [-0.15, -0.1) is 0 Å². The number of anilines is 5. The van der Waals surface area contributed by atoms with E-state index in [9.17, 15) is 0 Å². The summed E-state index contributed by atoms with van der Waals surface area (Å²) in [5, 5.41) is 10.3. The van der Waals surface area contributed by atoms with Crippen LogP contribution in [0.15, 0.2) is 66.7 Å². The SMILES string of the molecule is COc1ccc(NC(=S)Nc2nc(Nc3nc(-c4ccc(Cl)cc4)cc(-c4cc(OC)c(OC)c(OC)c4)n3)nc(N3CCOCC3)n2)cc1. The van der Waals surface area contributed by atoms with Crippen LogP contribution in [0.4, 0.5) is 29.5 Å². The quantitative estimate of drug-likeness (QED) is 0.136. The largest absolute Gasteiger partial charge is 0.497 e. The molecule has 5 aromatic rings. The van der Waals surface area contributed by atoms with Gasteiger partial charge in [0.1, 0.15) is 5.75 Å². The van der Waals surface area contributed by atoms with Crippen LogP contribution in [0.1, 0.15) is 0 Å². The Labute approximate surface area is 299 Å². The minimum atomic E-state index is 0.195. The Kier molecular flexibility index (Phi) is 10.9. The first-order valence-electron chi connectivity index (χ1n) is 15.4. The Morgan fingerprint density at radius 3 is 1.94 bits per heavy atom. The Hall–Kier alpha value is -5.51. The molecule has 0 aliphatic carbocycles. The Balaban J connectivity index is 1.38. The third-order valence-corrected chi connectivity index (χ3v) is 8.00. The molecule has 0 amide bonds. The van der Waals surface area contributed by atoms with Gasteiger partial charge in [0.05, 0.1) is 53.0 Å². The normalized spacial score (nSPS) is 12.5. The van der Waals surface area contributed by atoms with Crippen LogP contribution in [-0.2, 0) is 4.74 Å². The van der Waals surface area contributed by atoms with E-state index in [2.05, 4.69) is 25.9 Å². The molecule has 1 aliphatic heterocycles. The number of benzene rings is 3. The summed E-state index contributed by atoms with van der Waals surface area (Å²) in [5.74, 6) is 3.22. The highest BCUT2D eigenvalue weighted by Crippen LogP contribution is 2.41. The average molecular weight is 716 g/mol. The highest BCUT2D eigenvalue weighted by Gasteiger charge is 2.20. The molecule has 0 unspecified atom stereocenters. The molecule has 3 aromatic carbocycles. The van der Waals surface area contributed by atoms with Crippen LogP contribution in [0, 0.1) is 0 Å². The van der Waals surface area contributed by atoms with Crippen molar-refractivity contribution in [2.75, 3.05) is 75.6 Å². The highest BCUT2D eigenvalue weighted by molar-refractivity contribution is 7.80. The van der Waals surface area contributed by atoms with Crippen LogP contribution in [0.5, 0.6) is 23.0 Å². The first kappa shape index (κ1) is 34.4. The number of aromatic nitrogens is 5. The third kappa shape index (κ3) is 8.19.